The molecule has 0 N–H and O–H groups in total. The average Bonchev–Trinajstić information content (AvgIpc) is 2.20. The zero-order valence-electron chi connectivity index (χ0n) is 7.11. The predicted octanol–water partition coefficient (Wildman–Crippen LogP) is 1.08. The van der Waals surface area contributed by atoms with Crippen LogP contribution in [0.4, 0.5) is 5.82 Å². The van der Waals surface area contributed by atoms with Gasteiger partial charge in [0.1, 0.15) is 10.4 Å². The zero-order chi connectivity index (χ0) is 9.10. The smallest absolute Gasteiger partial charge is 0.147 e. The molecular weight excluding hydrogens is 234 g/mol. The van der Waals surface area contributed by atoms with Crippen LogP contribution in [0.3, 0.4) is 0 Å². The lowest BCUT2D eigenvalue weighted by molar-refractivity contribution is 0.122. The van der Waals surface area contributed by atoms with Crippen LogP contribution in [0.25, 0.3) is 0 Å². The molecule has 13 heavy (non-hydrogen) atoms. The van der Waals surface area contributed by atoms with Gasteiger partial charge in [0.15, 0.2) is 0 Å². The van der Waals surface area contributed by atoms with E-state index < -0.39 is 0 Å². The first kappa shape index (κ1) is 8.90. The normalized spacial score (nSPS) is 17.5. The van der Waals surface area contributed by atoms with E-state index in [1.807, 2.05) is 0 Å². The van der Waals surface area contributed by atoms with Gasteiger partial charge in [-0.1, -0.05) is 0 Å². The van der Waals surface area contributed by atoms with Crippen LogP contribution in [0.5, 0.6) is 0 Å². The lowest BCUT2D eigenvalue weighted by Crippen LogP contribution is -2.36. The molecule has 1 aromatic heterocycles. The van der Waals surface area contributed by atoms with Crippen LogP contribution < -0.4 is 4.90 Å². The molecule has 0 radical (unpaired) electrons. The Kier molecular flexibility index (Phi) is 2.75. The zero-order valence-corrected chi connectivity index (χ0v) is 8.70. The molecule has 0 atom stereocenters. The maximum Gasteiger partial charge on any atom is 0.147 e. The number of anilines is 1. The van der Waals surface area contributed by atoms with Crippen LogP contribution in [-0.2, 0) is 4.74 Å². The molecule has 2 heterocycles. The largest absolute Gasteiger partial charge is 0.378 e. The Bertz CT molecular complexity index is 271. The summed E-state index contributed by atoms with van der Waals surface area (Å²) < 4.78 is 6.01. The van der Waals surface area contributed by atoms with Crippen LogP contribution in [0, 0.1) is 0 Å². The summed E-state index contributed by atoms with van der Waals surface area (Å²) in [5.74, 6) is 0.923. The molecule has 2 rings (SSSR count). The van der Waals surface area contributed by atoms with Crippen molar-refractivity contribution >= 4 is 21.7 Å². The summed E-state index contributed by atoms with van der Waals surface area (Å²) in [5.41, 5.74) is 0. The molecule has 0 amide bonds. The Morgan fingerprint density at radius 2 is 2.00 bits per heavy atom. The van der Waals surface area contributed by atoms with Crippen molar-refractivity contribution in [3.63, 3.8) is 0 Å². The fourth-order valence-electron chi connectivity index (χ4n) is 1.26. The highest BCUT2D eigenvalue weighted by atomic mass is 79.9. The SMILES string of the molecule is Brc1cnc(N2CCOCC2)cn1. The molecule has 0 bridgehead atoms. The van der Waals surface area contributed by atoms with E-state index in [1.54, 1.807) is 12.4 Å². The number of halogens is 1. The van der Waals surface area contributed by atoms with Crippen LogP contribution in [-0.4, -0.2) is 36.3 Å². The van der Waals surface area contributed by atoms with E-state index in [0.717, 1.165) is 36.7 Å². The third-order valence-corrected chi connectivity index (χ3v) is 2.35. The Labute approximate surface area is 85.1 Å². The Balaban J connectivity index is 2.10. The van der Waals surface area contributed by atoms with Gasteiger partial charge in [0.2, 0.25) is 0 Å². The number of morpholine rings is 1. The Morgan fingerprint density at radius 1 is 1.23 bits per heavy atom. The standard InChI is InChI=1S/C8H10BrN3O/c9-7-5-11-8(6-10-7)12-1-3-13-4-2-12/h5-6H,1-4H2. The number of hydrogen-bond donors (Lipinski definition) is 0. The van der Waals surface area contributed by atoms with Crippen molar-refractivity contribution in [2.45, 2.75) is 0 Å². The predicted molar refractivity (Wildman–Crippen MR) is 52.8 cm³/mol. The topological polar surface area (TPSA) is 38.2 Å². The van der Waals surface area contributed by atoms with E-state index >= 15 is 0 Å². The fourth-order valence-corrected chi connectivity index (χ4v) is 1.47. The molecule has 1 aromatic rings. The summed E-state index contributed by atoms with van der Waals surface area (Å²) in [6, 6.07) is 0. The second-order valence-corrected chi connectivity index (χ2v) is 3.61. The van der Waals surface area contributed by atoms with Crippen molar-refractivity contribution < 1.29 is 4.74 Å². The molecule has 1 fully saturated rings. The van der Waals surface area contributed by atoms with Crippen LogP contribution in [0.2, 0.25) is 0 Å². The molecule has 1 aliphatic rings. The van der Waals surface area contributed by atoms with Gasteiger partial charge < -0.3 is 9.64 Å². The molecule has 4 nitrogen and oxygen atoms in total. The van der Waals surface area contributed by atoms with E-state index in [9.17, 15) is 0 Å². The van der Waals surface area contributed by atoms with Gasteiger partial charge in [0, 0.05) is 13.1 Å². The van der Waals surface area contributed by atoms with Crippen molar-refractivity contribution in [3.05, 3.63) is 17.0 Å². The number of rotatable bonds is 1. The third kappa shape index (κ3) is 2.16. The highest BCUT2D eigenvalue weighted by Gasteiger charge is 2.11. The fraction of sp³-hybridized carbons (Fsp3) is 0.500. The van der Waals surface area contributed by atoms with E-state index in [2.05, 4.69) is 30.8 Å². The van der Waals surface area contributed by atoms with Gasteiger partial charge in [-0.3, -0.25) is 0 Å². The number of nitrogens with zero attached hydrogens (tertiary/aromatic N) is 3. The second kappa shape index (κ2) is 4.02. The molecule has 1 aliphatic heterocycles. The average molecular weight is 244 g/mol. The Morgan fingerprint density at radius 3 is 2.62 bits per heavy atom. The molecule has 0 spiro atoms. The minimum Gasteiger partial charge on any atom is -0.378 e. The van der Waals surface area contributed by atoms with Crippen LogP contribution >= 0.6 is 15.9 Å². The molecular formula is C8H10BrN3O. The van der Waals surface area contributed by atoms with Gasteiger partial charge in [0.25, 0.3) is 0 Å². The van der Waals surface area contributed by atoms with Gasteiger partial charge in [-0.15, -0.1) is 0 Å². The van der Waals surface area contributed by atoms with Gasteiger partial charge in [-0.2, -0.15) is 0 Å². The molecule has 0 unspecified atom stereocenters. The summed E-state index contributed by atoms with van der Waals surface area (Å²) in [7, 11) is 0. The van der Waals surface area contributed by atoms with Crippen molar-refractivity contribution in [1.82, 2.24) is 9.97 Å². The minimum atomic E-state index is 0.768. The first-order valence-corrected chi connectivity index (χ1v) is 4.96. The third-order valence-electron chi connectivity index (χ3n) is 1.94. The number of aromatic nitrogens is 2. The summed E-state index contributed by atoms with van der Waals surface area (Å²) in [4.78, 5) is 10.6. The summed E-state index contributed by atoms with van der Waals surface area (Å²) in [5, 5.41) is 0. The van der Waals surface area contributed by atoms with Crippen molar-refractivity contribution in [2.75, 3.05) is 31.2 Å². The van der Waals surface area contributed by atoms with Gasteiger partial charge in [-0.05, 0) is 15.9 Å². The van der Waals surface area contributed by atoms with Crippen LogP contribution in [0.15, 0.2) is 17.0 Å². The maximum atomic E-state index is 5.25. The highest BCUT2D eigenvalue weighted by Crippen LogP contribution is 2.12. The van der Waals surface area contributed by atoms with E-state index in [1.165, 1.54) is 0 Å². The quantitative estimate of drug-likeness (QED) is 0.740. The van der Waals surface area contributed by atoms with Crippen molar-refractivity contribution in [1.29, 1.82) is 0 Å². The lowest BCUT2D eigenvalue weighted by atomic mass is 10.4. The van der Waals surface area contributed by atoms with Gasteiger partial charge in [0.05, 0.1) is 25.6 Å². The van der Waals surface area contributed by atoms with Gasteiger partial charge in [-0.25, -0.2) is 9.97 Å². The van der Waals surface area contributed by atoms with Crippen molar-refractivity contribution in [2.24, 2.45) is 0 Å². The summed E-state index contributed by atoms with van der Waals surface area (Å²) in [6.07, 6.45) is 3.49. The molecule has 1 saturated heterocycles. The molecule has 5 heteroatoms. The molecule has 0 aromatic carbocycles. The molecule has 70 valence electrons. The highest BCUT2D eigenvalue weighted by molar-refractivity contribution is 9.10. The first-order valence-electron chi connectivity index (χ1n) is 4.16. The van der Waals surface area contributed by atoms with Crippen LogP contribution in [0.1, 0.15) is 0 Å². The minimum absolute atomic E-state index is 0.768. The maximum absolute atomic E-state index is 5.25. The summed E-state index contributed by atoms with van der Waals surface area (Å²) in [6.45, 7) is 3.35. The van der Waals surface area contributed by atoms with E-state index in [-0.39, 0.29) is 0 Å². The first-order chi connectivity index (χ1) is 6.36. The molecule has 0 saturated carbocycles. The second-order valence-electron chi connectivity index (χ2n) is 2.80. The van der Waals surface area contributed by atoms with Gasteiger partial charge >= 0.3 is 0 Å². The lowest BCUT2D eigenvalue weighted by Gasteiger charge is -2.27. The number of ether oxygens (including phenoxy) is 1. The summed E-state index contributed by atoms with van der Waals surface area (Å²) >= 11 is 3.25. The van der Waals surface area contributed by atoms with E-state index in [4.69, 9.17) is 4.74 Å². The number of hydrogen-bond acceptors (Lipinski definition) is 4. The monoisotopic (exact) mass is 243 g/mol. The Hall–Kier alpha value is -0.680. The van der Waals surface area contributed by atoms with Crippen molar-refractivity contribution in [3.8, 4) is 0 Å². The van der Waals surface area contributed by atoms with E-state index in [0.29, 0.717) is 0 Å². The molecule has 0 aliphatic carbocycles.